The zero-order valence-electron chi connectivity index (χ0n) is 11.6. The van der Waals surface area contributed by atoms with Gasteiger partial charge in [0.25, 0.3) is 0 Å². The average Bonchev–Trinajstić information content (AvgIpc) is 2.49. The van der Waals surface area contributed by atoms with Gasteiger partial charge in [-0.25, -0.2) is 4.79 Å². The SMILES string of the molecule is O=C(O)[C@H]1CCCCN1C(=O)CCSc1ccc(Cl)cc1. The minimum Gasteiger partial charge on any atom is -0.480 e. The maximum absolute atomic E-state index is 12.2. The summed E-state index contributed by atoms with van der Waals surface area (Å²) in [5.74, 6) is -0.319. The van der Waals surface area contributed by atoms with Crippen LogP contribution in [0.4, 0.5) is 0 Å². The Balaban J connectivity index is 1.83. The first-order chi connectivity index (χ1) is 10.1. The van der Waals surface area contributed by atoms with Gasteiger partial charge in [0.2, 0.25) is 5.91 Å². The number of carbonyl (C=O) groups is 2. The van der Waals surface area contributed by atoms with Crippen molar-refractivity contribution >= 4 is 35.2 Å². The zero-order valence-corrected chi connectivity index (χ0v) is 13.2. The van der Waals surface area contributed by atoms with Gasteiger partial charge in [0.05, 0.1) is 0 Å². The Bertz CT molecular complexity index is 506. The number of rotatable bonds is 5. The Morgan fingerprint density at radius 1 is 1.29 bits per heavy atom. The van der Waals surface area contributed by atoms with Gasteiger partial charge in [-0.3, -0.25) is 4.79 Å². The van der Waals surface area contributed by atoms with Crippen LogP contribution >= 0.6 is 23.4 Å². The smallest absolute Gasteiger partial charge is 0.326 e. The van der Waals surface area contributed by atoms with Crippen molar-refractivity contribution in [1.29, 1.82) is 0 Å². The van der Waals surface area contributed by atoms with E-state index in [9.17, 15) is 14.7 Å². The lowest BCUT2D eigenvalue weighted by Gasteiger charge is -2.33. The number of carbonyl (C=O) groups excluding carboxylic acids is 1. The van der Waals surface area contributed by atoms with E-state index in [1.54, 1.807) is 11.8 Å². The van der Waals surface area contributed by atoms with Crippen LogP contribution in [0.5, 0.6) is 0 Å². The molecular formula is C15H18ClNO3S. The number of carboxylic acids is 1. The standard InChI is InChI=1S/C15H18ClNO3S/c16-11-4-6-12(7-5-11)21-10-8-14(18)17-9-2-1-3-13(17)15(19)20/h4-7,13H,1-3,8-10H2,(H,19,20)/t13-/m1/s1. The Labute approximate surface area is 133 Å². The molecule has 2 rings (SSSR count). The van der Waals surface area contributed by atoms with Crippen LogP contribution in [0.1, 0.15) is 25.7 Å². The molecule has 0 aliphatic carbocycles. The molecule has 0 aromatic heterocycles. The summed E-state index contributed by atoms with van der Waals surface area (Å²) in [5, 5.41) is 9.86. The highest BCUT2D eigenvalue weighted by molar-refractivity contribution is 7.99. The first-order valence-electron chi connectivity index (χ1n) is 6.98. The summed E-state index contributed by atoms with van der Waals surface area (Å²) < 4.78 is 0. The largest absolute Gasteiger partial charge is 0.480 e. The maximum atomic E-state index is 12.2. The highest BCUT2D eigenvalue weighted by atomic mass is 35.5. The van der Waals surface area contributed by atoms with E-state index in [4.69, 9.17) is 11.6 Å². The first kappa shape index (κ1) is 16.2. The van der Waals surface area contributed by atoms with E-state index < -0.39 is 12.0 Å². The van der Waals surface area contributed by atoms with E-state index in [2.05, 4.69) is 0 Å². The van der Waals surface area contributed by atoms with Crippen molar-refractivity contribution in [3.8, 4) is 0 Å². The molecule has 0 bridgehead atoms. The number of benzene rings is 1. The summed E-state index contributed by atoms with van der Waals surface area (Å²) in [6, 6.07) is 6.82. The molecule has 114 valence electrons. The molecule has 1 amide bonds. The summed E-state index contributed by atoms with van der Waals surface area (Å²) in [6.07, 6.45) is 2.68. The third-order valence-electron chi connectivity index (χ3n) is 3.51. The number of likely N-dealkylation sites (tertiary alicyclic amines) is 1. The molecule has 1 aliphatic rings. The highest BCUT2D eigenvalue weighted by Gasteiger charge is 2.31. The number of thioether (sulfide) groups is 1. The molecular weight excluding hydrogens is 310 g/mol. The molecule has 1 aromatic rings. The molecule has 6 heteroatoms. The quantitative estimate of drug-likeness (QED) is 0.843. The van der Waals surface area contributed by atoms with Gasteiger partial charge >= 0.3 is 5.97 Å². The van der Waals surface area contributed by atoms with E-state index in [-0.39, 0.29) is 5.91 Å². The van der Waals surface area contributed by atoms with Crippen LogP contribution < -0.4 is 0 Å². The first-order valence-corrected chi connectivity index (χ1v) is 8.35. The fourth-order valence-corrected chi connectivity index (χ4v) is 3.38. The number of carboxylic acid groups (broad SMARTS) is 1. The lowest BCUT2D eigenvalue weighted by molar-refractivity contribution is -0.151. The van der Waals surface area contributed by atoms with Crippen LogP contribution in [-0.2, 0) is 9.59 Å². The third kappa shape index (κ3) is 4.64. The third-order valence-corrected chi connectivity index (χ3v) is 4.77. The summed E-state index contributed by atoms with van der Waals surface area (Å²) >= 11 is 7.40. The van der Waals surface area contributed by atoms with Gasteiger partial charge < -0.3 is 10.0 Å². The number of amides is 1. The number of hydrogen-bond donors (Lipinski definition) is 1. The molecule has 0 unspecified atom stereocenters. The second kappa shape index (κ2) is 7.71. The molecule has 1 saturated heterocycles. The zero-order chi connectivity index (χ0) is 15.2. The summed E-state index contributed by atoms with van der Waals surface area (Å²) in [4.78, 5) is 25.9. The van der Waals surface area contributed by atoms with Crippen LogP contribution in [0.3, 0.4) is 0 Å². The van der Waals surface area contributed by atoms with Crippen molar-refractivity contribution in [2.45, 2.75) is 36.6 Å². The van der Waals surface area contributed by atoms with E-state index >= 15 is 0 Å². The number of piperidine rings is 1. The summed E-state index contributed by atoms with van der Waals surface area (Å²) in [7, 11) is 0. The number of nitrogens with zero attached hydrogens (tertiary/aromatic N) is 1. The molecule has 0 radical (unpaired) electrons. The molecule has 1 aliphatic heterocycles. The fourth-order valence-electron chi connectivity index (χ4n) is 2.42. The van der Waals surface area contributed by atoms with Gasteiger partial charge in [-0.2, -0.15) is 0 Å². The number of aliphatic carboxylic acids is 1. The minimum absolute atomic E-state index is 0.0661. The van der Waals surface area contributed by atoms with Gasteiger partial charge in [0, 0.05) is 28.6 Å². The van der Waals surface area contributed by atoms with Gasteiger partial charge in [-0.15, -0.1) is 11.8 Å². The molecule has 1 aromatic carbocycles. The lowest BCUT2D eigenvalue weighted by Crippen LogP contribution is -2.48. The minimum atomic E-state index is -0.895. The molecule has 4 nitrogen and oxygen atoms in total. The Morgan fingerprint density at radius 2 is 2.00 bits per heavy atom. The Morgan fingerprint density at radius 3 is 2.67 bits per heavy atom. The maximum Gasteiger partial charge on any atom is 0.326 e. The van der Waals surface area contributed by atoms with Crippen molar-refractivity contribution in [2.75, 3.05) is 12.3 Å². The van der Waals surface area contributed by atoms with Crippen molar-refractivity contribution in [2.24, 2.45) is 0 Å². The average molecular weight is 328 g/mol. The predicted molar refractivity (Wildman–Crippen MR) is 83.8 cm³/mol. The monoisotopic (exact) mass is 327 g/mol. The fraction of sp³-hybridized carbons (Fsp3) is 0.467. The number of halogens is 1. The normalized spacial score (nSPS) is 18.5. The van der Waals surface area contributed by atoms with Crippen LogP contribution in [0.15, 0.2) is 29.2 Å². The molecule has 21 heavy (non-hydrogen) atoms. The van der Waals surface area contributed by atoms with Gasteiger partial charge in [-0.1, -0.05) is 11.6 Å². The molecule has 1 heterocycles. The Kier molecular flexibility index (Phi) is 5.94. The van der Waals surface area contributed by atoms with E-state index in [0.29, 0.717) is 30.2 Å². The van der Waals surface area contributed by atoms with E-state index in [1.807, 2.05) is 24.3 Å². The highest BCUT2D eigenvalue weighted by Crippen LogP contribution is 2.23. The van der Waals surface area contributed by atoms with Crippen LogP contribution in [0.2, 0.25) is 5.02 Å². The molecule has 0 saturated carbocycles. The Hall–Kier alpha value is -1.20. The molecule has 0 spiro atoms. The molecule has 1 atom stereocenters. The van der Waals surface area contributed by atoms with Crippen molar-refractivity contribution in [1.82, 2.24) is 4.90 Å². The van der Waals surface area contributed by atoms with Gasteiger partial charge in [0.15, 0.2) is 0 Å². The van der Waals surface area contributed by atoms with Crippen molar-refractivity contribution in [3.63, 3.8) is 0 Å². The van der Waals surface area contributed by atoms with Gasteiger partial charge in [0.1, 0.15) is 6.04 Å². The van der Waals surface area contributed by atoms with Crippen molar-refractivity contribution < 1.29 is 14.7 Å². The number of hydrogen-bond acceptors (Lipinski definition) is 3. The molecule has 1 N–H and O–H groups in total. The predicted octanol–water partition coefficient (Wildman–Crippen LogP) is 3.29. The summed E-state index contributed by atoms with van der Waals surface area (Å²) in [5.41, 5.74) is 0. The second-order valence-electron chi connectivity index (χ2n) is 4.99. The second-order valence-corrected chi connectivity index (χ2v) is 6.59. The van der Waals surface area contributed by atoms with E-state index in [1.165, 1.54) is 4.90 Å². The summed E-state index contributed by atoms with van der Waals surface area (Å²) in [6.45, 7) is 0.557. The van der Waals surface area contributed by atoms with Crippen LogP contribution in [0.25, 0.3) is 0 Å². The van der Waals surface area contributed by atoms with Crippen molar-refractivity contribution in [3.05, 3.63) is 29.3 Å². The topological polar surface area (TPSA) is 57.6 Å². The van der Waals surface area contributed by atoms with Crippen LogP contribution in [0, 0.1) is 0 Å². The lowest BCUT2D eigenvalue weighted by atomic mass is 10.0. The molecule has 1 fully saturated rings. The van der Waals surface area contributed by atoms with Gasteiger partial charge in [-0.05, 0) is 43.5 Å². The van der Waals surface area contributed by atoms with E-state index in [0.717, 1.165) is 17.7 Å². The van der Waals surface area contributed by atoms with Crippen LogP contribution in [-0.4, -0.2) is 40.2 Å².